The van der Waals surface area contributed by atoms with Gasteiger partial charge in [-0.1, -0.05) is 54.4 Å². The number of rotatable bonds is 14. The quantitative estimate of drug-likeness (QED) is 0.283. The van der Waals surface area contributed by atoms with E-state index in [-0.39, 0.29) is 28.8 Å². The van der Waals surface area contributed by atoms with Crippen molar-refractivity contribution in [3.63, 3.8) is 0 Å². The average molecular weight is 400 g/mol. The summed E-state index contributed by atoms with van der Waals surface area (Å²) in [5, 5.41) is 0. The highest BCUT2D eigenvalue weighted by Gasteiger charge is 2.39. The minimum atomic E-state index is -0.473. The van der Waals surface area contributed by atoms with Crippen LogP contribution in [-0.2, 0) is 14.3 Å². The molecule has 0 bridgehead atoms. The first kappa shape index (κ1) is 27.4. The molecule has 4 heteroatoms. The first-order valence-electron chi connectivity index (χ1n) is 11.4. The van der Waals surface area contributed by atoms with Crippen LogP contribution >= 0.6 is 0 Å². The third kappa shape index (κ3) is 9.26. The summed E-state index contributed by atoms with van der Waals surface area (Å²) in [6.45, 7) is 20.5. The second kappa shape index (κ2) is 12.2. The Balaban J connectivity index is 5.68. The molecule has 0 aromatic carbocycles. The molecule has 0 aromatic heterocycles. The fourth-order valence-electron chi connectivity index (χ4n) is 3.61. The van der Waals surface area contributed by atoms with Gasteiger partial charge in [-0.05, 0) is 70.3 Å². The molecule has 0 fully saturated rings. The minimum absolute atomic E-state index is 0.0320. The molecular weight excluding hydrogens is 350 g/mol. The van der Waals surface area contributed by atoms with Crippen molar-refractivity contribution in [3.05, 3.63) is 0 Å². The molecule has 2 unspecified atom stereocenters. The van der Waals surface area contributed by atoms with Gasteiger partial charge in [0.25, 0.3) is 0 Å². The van der Waals surface area contributed by atoms with Crippen LogP contribution in [0.25, 0.3) is 0 Å². The molecule has 168 valence electrons. The summed E-state index contributed by atoms with van der Waals surface area (Å²) in [7, 11) is 0. The fourth-order valence-corrected chi connectivity index (χ4v) is 3.61. The van der Waals surface area contributed by atoms with Gasteiger partial charge in [0.05, 0.1) is 12.0 Å². The lowest BCUT2D eigenvalue weighted by Gasteiger charge is -2.40. The van der Waals surface area contributed by atoms with Gasteiger partial charge >= 0.3 is 5.97 Å². The minimum Gasteiger partial charge on any atom is -0.460 e. The van der Waals surface area contributed by atoms with Gasteiger partial charge in [0.2, 0.25) is 0 Å². The monoisotopic (exact) mass is 399 g/mol. The zero-order valence-corrected chi connectivity index (χ0v) is 20.3. The predicted molar refractivity (Wildman–Crippen MR) is 119 cm³/mol. The summed E-state index contributed by atoms with van der Waals surface area (Å²) < 4.78 is 12.2. The fraction of sp³-hybridized carbons (Fsp3) is 0.958. The first-order valence-corrected chi connectivity index (χ1v) is 11.4. The summed E-state index contributed by atoms with van der Waals surface area (Å²) in [6, 6.07) is 0. The van der Waals surface area contributed by atoms with Crippen LogP contribution in [0.5, 0.6) is 0 Å². The Morgan fingerprint density at radius 1 is 0.929 bits per heavy atom. The van der Waals surface area contributed by atoms with E-state index < -0.39 is 5.60 Å². The molecule has 0 heterocycles. The Bertz CT molecular complexity index is 434. The number of hydrogen-bond donors (Lipinski definition) is 1. The summed E-state index contributed by atoms with van der Waals surface area (Å²) in [6.07, 6.45) is 6.60. The van der Waals surface area contributed by atoms with Gasteiger partial charge < -0.3 is 15.2 Å². The van der Waals surface area contributed by atoms with E-state index in [1.165, 1.54) is 0 Å². The SMILES string of the molecule is CCC(C)(CC)CC(CC(OCCCN)C(C)(CC)CC)C(=O)OC(C)(C)C. The van der Waals surface area contributed by atoms with Crippen LogP contribution in [0, 0.1) is 16.7 Å². The summed E-state index contributed by atoms with van der Waals surface area (Å²) in [5.41, 5.74) is 5.38. The Morgan fingerprint density at radius 3 is 1.86 bits per heavy atom. The van der Waals surface area contributed by atoms with Crippen molar-refractivity contribution in [3.8, 4) is 0 Å². The molecule has 0 aliphatic heterocycles. The zero-order chi connectivity index (χ0) is 22.0. The molecule has 0 saturated heterocycles. The van der Waals surface area contributed by atoms with E-state index >= 15 is 0 Å². The van der Waals surface area contributed by atoms with Crippen molar-refractivity contribution in [1.82, 2.24) is 0 Å². The molecule has 2 atom stereocenters. The number of nitrogens with two attached hydrogens (primary N) is 1. The van der Waals surface area contributed by atoms with Crippen LogP contribution < -0.4 is 5.73 Å². The molecule has 0 aromatic rings. The van der Waals surface area contributed by atoms with Gasteiger partial charge in [-0.3, -0.25) is 4.79 Å². The highest BCUT2D eigenvalue weighted by Crippen LogP contribution is 2.40. The van der Waals surface area contributed by atoms with Crippen LogP contribution in [-0.4, -0.2) is 30.8 Å². The van der Waals surface area contributed by atoms with Crippen molar-refractivity contribution in [1.29, 1.82) is 0 Å². The number of ether oxygens (including phenoxy) is 2. The molecule has 0 spiro atoms. The standard InChI is InChI=1S/C24H49NO3/c1-10-23(8,11-2)18-19(21(26)28-22(5,6)7)17-20(27-16-14-15-25)24(9,12-3)13-4/h19-20H,10-18,25H2,1-9H3. The summed E-state index contributed by atoms with van der Waals surface area (Å²) in [5.74, 6) is -0.230. The third-order valence-electron chi connectivity index (χ3n) is 6.75. The lowest BCUT2D eigenvalue weighted by molar-refractivity contribution is -0.164. The Kier molecular flexibility index (Phi) is 11.9. The molecule has 2 N–H and O–H groups in total. The third-order valence-corrected chi connectivity index (χ3v) is 6.75. The van der Waals surface area contributed by atoms with Gasteiger partial charge in [0.15, 0.2) is 0 Å². The van der Waals surface area contributed by atoms with Gasteiger partial charge in [-0.15, -0.1) is 0 Å². The van der Waals surface area contributed by atoms with Crippen molar-refractivity contribution >= 4 is 5.97 Å². The number of carbonyl (C=O) groups is 1. The maximum atomic E-state index is 13.1. The average Bonchev–Trinajstić information content (AvgIpc) is 2.64. The van der Waals surface area contributed by atoms with Crippen LogP contribution in [0.4, 0.5) is 0 Å². The molecule has 0 radical (unpaired) electrons. The van der Waals surface area contributed by atoms with Crippen LogP contribution in [0.15, 0.2) is 0 Å². The van der Waals surface area contributed by atoms with Crippen molar-refractivity contribution in [2.45, 2.75) is 119 Å². The topological polar surface area (TPSA) is 61.5 Å². The zero-order valence-electron chi connectivity index (χ0n) is 20.3. The number of hydrogen-bond acceptors (Lipinski definition) is 4. The summed E-state index contributed by atoms with van der Waals surface area (Å²) in [4.78, 5) is 13.1. The maximum absolute atomic E-state index is 13.1. The molecule has 0 rings (SSSR count). The Labute approximate surface area is 175 Å². The van der Waals surface area contributed by atoms with Crippen molar-refractivity contribution in [2.24, 2.45) is 22.5 Å². The lowest BCUT2D eigenvalue weighted by Crippen LogP contribution is -2.40. The van der Waals surface area contributed by atoms with E-state index in [0.29, 0.717) is 19.6 Å². The molecule has 0 aliphatic rings. The molecule has 4 nitrogen and oxygen atoms in total. The van der Waals surface area contributed by atoms with E-state index in [2.05, 4.69) is 41.5 Å². The highest BCUT2D eigenvalue weighted by molar-refractivity contribution is 5.73. The van der Waals surface area contributed by atoms with Crippen molar-refractivity contribution < 1.29 is 14.3 Å². The molecule has 0 saturated carbocycles. The van der Waals surface area contributed by atoms with E-state index in [4.69, 9.17) is 15.2 Å². The van der Waals surface area contributed by atoms with Gasteiger partial charge in [-0.25, -0.2) is 0 Å². The van der Waals surface area contributed by atoms with E-state index in [9.17, 15) is 4.79 Å². The molecule has 0 aliphatic carbocycles. The molecular formula is C24H49NO3. The van der Waals surface area contributed by atoms with Crippen LogP contribution in [0.3, 0.4) is 0 Å². The molecule has 0 amide bonds. The van der Waals surface area contributed by atoms with Gasteiger partial charge in [-0.2, -0.15) is 0 Å². The smallest absolute Gasteiger partial charge is 0.309 e. The Hall–Kier alpha value is -0.610. The summed E-state index contributed by atoms with van der Waals surface area (Å²) >= 11 is 0. The van der Waals surface area contributed by atoms with E-state index in [1.807, 2.05) is 20.8 Å². The Morgan fingerprint density at radius 2 is 1.46 bits per heavy atom. The van der Waals surface area contributed by atoms with Gasteiger partial charge in [0.1, 0.15) is 5.60 Å². The lowest BCUT2D eigenvalue weighted by atomic mass is 9.71. The number of esters is 1. The predicted octanol–water partition coefficient (Wildman–Crippen LogP) is 6.11. The van der Waals surface area contributed by atoms with Gasteiger partial charge in [0, 0.05) is 6.61 Å². The normalized spacial score (nSPS) is 15.4. The maximum Gasteiger partial charge on any atom is 0.309 e. The van der Waals surface area contributed by atoms with E-state index in [0.717, 1.165) is 38.5 Å². The second-order valence-corrected chi connectivity index (χ2v) is 10.1. The number of carbonyl (C=O) groups excluding carboxylic acids is 1. The van der Waals surface area contributed by atoms with E-state index in [1.54, 1.807) is 0 Å². The van der Waals surface area contributed by atoms with Crippen molar-refractivity contribution in [2.75, 3.05) is 13.2 Å². The largest absolute Gasteiger partial charge is 0.460 e. The van der Waals surface area contributed by atoms with Crippen LogP contribution in [0.2, 0.25) is 0 Å². The first-order chi connectivity index (χ1) is 12.9. The van der Waals surface area contributed by atoms with Crippen LogP contribution in [0.1, 0.15) is 107 Å². The molecule has 28 heavy (non-hydrogen) atoms. The highest BCUT2D eigenvalue weighted by atomic mass is 16.6. The second-order valence-electron chi connectivity index (χ2n) is 10.1.